The Morgan fingerprint density at radius 1 is 1.40 bits per heavy atom. The minimum Gasteiger partial charge on any atom is -0.478 e. The number of carboxylic acid groups (broad SMARTS) is 1. The summed E-state index contributed by atoms with van der Waals surface area (Å²) in [5.74, 6) is -1.08. The molecule has 0 spiro atoms. The largest absolute Gasteiger partial charge is 0.478 e. The third-order valence-electron chi connectivity index (χ3n) is 2.49. The molecule has 102 valence electrons. The van der Waals surface area contributed by atoms with Gasteiger partial charge in [0, 0.05) is 17.2 Å². The SMILES string of the molecule is Cc1cnc(Sc2ccccc2C(=O)O)c([N+](=O)[O-])c1. The lowest BCUT2D eigenvalue weighted by atomic mass is 10.2. The first kappa shape index (κ1) is 14.0. The second-order valence-corrected chi connectivity index (χ2v) is 5.03. The number of aromatic nitrogens is 1. The summed E-state index contributed by atoms with van der Waals surface area (Å²) in [5, 5.41) is 20.3. The number of benzene rings is 1. The summed E-state index contributed by atoms with van der Waals surface area (Å²) in [6.45, 7) is 1.71. The quantitative estimate of drug-likeness (QED) is 0.686. The van der Waals surface area contributed by atoms with Gasteiger partial charge in [-0.3, -0.25) is 10.1 Å². The first-order valence-corrected chi connectivity index (χ1v) is 6.42. The topological polar surface area (TPSA) is 93.3 Å². The van der Waals surface area contributed by atoms with Crippen LogP contribution in [-0.4, -0.2) is 21.0 Å². The van der Waals surface area contributed by atoms with E-state index in [0.29, 0.717) is 10.5 Å². The average Bonchev–Trinajstić information content (AvgIpc) is 2.41. The summed E-state index contributed by atoms with van der Waals surface area (Å²) in [5.41, 5.74) is 0.636. The van der Waals surface area contributed by atoms with E-state index in [4.69, 9.17) is 5.11 Å². The van der Waals surface area contributed by atoms with E-state index in [9.17, 15) is 14.9 Å². The number of aryl methyl sites for hydroxylation is 1. The lowest BCUT2D eigenvalue weighted by Crippen LogP contribution is -1.99. The molecule has 1 heterocycles. The first-order valence-electron chi connectivity index (χ1n) is 5.60. The molecule has 0 aliphatic carbocycles. The summed E-state index contributed by atoms with van der Waals surface area (Å²) in [6.07, 6.45) is 1.51. The number of rotatable bonds is 4. The number of pyridine rings is 1. The number of carboxylic acids is 1. The van der Waals surface area contributed by atoms with Crippen molar-refractivity contribution in [3.05, 3.63) is 57.8 Å². The lowest BCUT2D eigenvalue weighted by molar-refractivity contribution is -0.388. The van der Waals surface area contributed by atoms with Gasteiger partial charge in [0.05, 0.1) is 10.5 Å². The van der Waals surface area contributed by atoms with Gasteiger partial charge in [-0.05, 0) is 24.6 Å². The van der Waals surface area contributed by atoms with E-state index in [2.05, 4.69) is 4.98 Å². The molecule has 0 aliphatic heterocycles. The van der Waals surface area contributed by atoms with Crippen LogP contribution in [0.1, 0.15) is 15.9 Å². The third-order valence-corrected chi connectivity index (χ3v) is 3.57. The van der Waals surface area contributed by atoms with Crippen molar-refractivity contribution in [1.82, 2.24) is 4.98 Å². The molecule has 7 heteroatoms. The Balaban J connectivity index is 2.45. The van der Waals surface area contributed by atoms with Crippen molar-refractivity contribution in [2.24, 2.45) is 0 Å². The fourth-order valence-electron chi connectivity index (χ4n) is 1.59. The second-order valence-electron chi connectivity index (χ2n) is 4.00. The van der Waals surface area contributed by atoms with Crippen LogP contribution in [0.15, 0.2) is 46.5 Å². The van der Waals surface area contributed by atoms with Crippen molar-refractivity contribution in [2.75, 3.05) is 0 Å². The van der Waals surface area contributed by atoms with E-state index >= 15 is 0 Å². The van der Waals surface area contributed by atoms with Crippen molar-refractivity contribution < 1.29 is 14.8 Å². The highest BCUT2D eigenvalue weighted by molar-refractivity contribution is 7.99. The molecule has 2 rings (SSSR count). The molecule has 0 unspecified atom stereocenters. The summed E-state index contributed by atoms with van der Waals surface area (Å²) in [6, 6.07) is 7.74. The van der Waals surface area contributed by atoms with Crippen molar-refractivity contribution in [2.45, 2.75) is 16.8 Å². The van der Waals surface area contributed by atoms with Crippen LogP contribution in [0.2, 0.25) is 0 Å². The molecule has 0 bridgehead atoms. The van der Waals surface area contributed by atoms with Gasteiger partial charge in [0.2, 0.25) is 0 Å². The average molecular weight is 290 g/mol. The van der Waals surface area contributed by atoms with Crippen LogP contribution >= 0.6 is 11.8 Å². The molecule has 0 atom stereocenters. The number of nitrogens with zero attached hydrogens (tertiary/aromatic N) is 2. The summed E-state index contributed by atoms with van der Waals surface area (Å²) in [4.78, 5) is 26.1. The maximum atomic E-state index is 11.1. The Kier molecular flexibility index (Phi) is 3.99. The number of carbonyl (C=O) groups is 1. The van der Waals surface area contributed by atoms with Crippen LogP contribution in [0.3, 0.4) is 0 Å². The third kappa shape index (κ3) is 2.94. The van der Waals surface area contributed by atoms with Crippen molar-refractivity contribution in [3.8, 4) is 0 Å². The Bertz CT molecular complexity index is 688. The molecule has 2 aromatic rings. The van der Waals surface area contributed by atoms with Crippen molar-refractivity contribution >= 4 is 23.4 Å². The number of nitro groups is 1. The molecular formula is C13H10N2O4S. The van der Waals surface area contributed by atoms with Crippen LogP contribution < -0.4 is 0 Å². The normalized spacial score (nSPS) is 10.2. The molecule has 0 fully saturated rings. The van der Waals surface area contributed by atoms with E-state index in [1.165, 1.54) is 18.3 Å². The number of aromatic carboxylic acids is 1. The molecule has 0 amide bonds. The molecule has 0 saturated carbocycles. The maximum absolute atomic E-state index is 11.1. The van der Waals surface area contributed by atoms with Crippen LogP contribution in [0.25, 0.3) is 0 Å². The van der Waals surface area contributed by atoms with E-state index in [1.807, 2.05) is 0 Å². The second kappa shape index (κ2) is 5.70. The Hall–Kier alpha value is -2.41. The minimum atomic E-state index is -1.08. The number of hydrogen-bond acceptors (Lipinski definition) is 5. The monoisotopic (exact) mass is 290 g/mol. The summed E-state index contributed by atoms with van der Waals surface area (Å²) >= 11 is 0.973. The van der Waals surface area contributed by atoms with Crippen molar-refractivity contribution in [1.29, 1.82) is 0 Å². The van der Waals surface area contributed by atoms with Gasteiger partial charge in [0.15, 0.2) is 5.03 Å². The fraction of sp³-hybridized carbons (Fsp3) is 0.0769. The Labute approximate surface area is 118 Å². The molecule has 6 nitrogen and oxygen atoms in total. The van der Waals surface area contributed by atoms with Crippen LogP contribution in [0, 0.1) is 17.0 Å². The fourth-order valence-corrected chi connectivity index (χ4v) is 2.55. The van der Waals surface area contributed by atoms with Gasteiger partial charge in [0.25, 0.3) is 0 Å². The molecule has 1 aromatic carbocycles. The maximum Gasteiger partial charge on any atom is 0.336 e. The highest BCUT2D eigenvalue weighted by Crippen LogP contribution is 2.35. The van der Waals surface area contributed by atoms with Gasteiger partial charge >= 0.3 is 11.7 Å². The Morgan fingerprint density at radius 2 is 2.10 bits per heavy atom. The highest BCUT2D eigenvalue weighted by Gasteiger charge is 2.19. The summed E-state index contributed by atoms with van der Waals surface area (Å²) < 4.78 is 0. The predicted molar refractivity (Wildman–Crippen MR) is 73.2 cm³/mol. The molecule has 0 radical (unpaired) electrons. The first-order chi connectivity index (χ1) is 9.49. The van der Waals surface area contributed by atoms with Gasteiger partial charge in [-0.1, -0.05) is 23.9 Å². The van der Waals surface area contributed by atoms with E-state index in [-0.39, 0.29) is 16.3 Å². The zero-order chi connectivity index (χ0) is 14.7. The zero-order valence-electron chi connectivity index (χ0n) is 10.4. The van der Waals surface area contributed by atoms with Crippen LogP contribution in [0.5, 0.6) is 0 Å². The predicted octanol–water partition coefficient (Wildman–Crippen LogP) is 3.15. The van der Waals surface area contributed by atoms with E-state index < -0.39 is 10.9 Å². The smallest absolute Gasteiger partial charge is 0.336 e. The highest BCUT2D eigenvalue weighted by atomic mass is 32.2. The van der Waals surface area contributed by atoms with Gasteiger partial charge in [-0.2, -0.15) is 0 Å². The molecule has 0 aliphatic rings. The Morgan fingerprint density at radius 3 is 2.75 bits per heavy atom. The molecule has 1 N–H and O–H groups in total. The van der Waals surface area contributed by atoms with E-state index in [0.717, 1.165) is 11.8 Å². The summed E-state index contributed by atoms with van der Waals surface area (Å²) in [7, 11) is 0. The molecule has 20 heavy (non-hydrogen) atoms. The minimum absolute atomic E-state index is 0.0918. The molecular weight excluding hydrogens is 280 g/mol. The van der Waals surface area contributed by atoms with Crippen LogP contribution in [0.4, 0.5) is 5.69 Å². The van der Waals surface area contributed by atoms with Gasteiger partial charge in [-0.25, -0.2) is 9.78 Å². The van der Waals surface area contributed by atoms with E-state index in [1.54, 1.807) is 25.1 Å². The standard InChI is InChI=1S/C13H10N2O4S/c1-8-6-10(15(18)19)12(14-7-8)20-11-5-3-2-4-9(11)13(16)17/h2-7H,1H3,(H,16,17). The lowest BCUT2D eigenvalue weighted by Gasteiger charge is -2.05. The zero-order valence-corrected chi connectivity index (χ0v) is 11.3. The van der Waals surface area contributed by atoms with Gasteiger partial charge in [0.1, 0.15) is 0 Å². The van der Waals surface area contributed by atoms with Crippen LogP contribution in [-0.2, 0) is 0 Å². The van der Waals surface area contributed by atoms with Gasteiger partial charge in [-0.15, -0.1) is 0 Å². The number of hydrogen-bond donors (Lipinski definition) is 1. The molecule has 0 saturated heterocycles. The van der Waals surface area contributed by atoms with Crippen molar-refractivity contribution in [3.63, 3.8) is 0 Å². The molecule has 1 aromatic heterocycles. The van der Waals surface area contributed by atoms with Gasteiger partial charge < -0.3 is 5.11 Å².